The van der Waals surface area contributed by atoms with E-state index in [0.29, 0.717) is 12.8 Å². The van der Waals surface area contributed by atoms with E-state index in [1.54, 1.807) is 6.92 Å². The lowest BCUT2D eigenvalue weighted by atomic mass is 10.0. The van der Waals surface area contributed by atoms with Crippen LogP contribution < -0.4 is 5.73 Å². The lowest BCUT2D eigenvalue weighted by Gasteiger charge is -2.32. The van der Waals surface area contributed by atoms with Crippen LogP contribution in [0.15, 0.2) is 0 Å². The van der Waals surface area contributed by atoms with E-state index in [2.05, 4.69) is 0 Å². The first-order valence-electron chi connectivity index (χ1n) is 6.90. The molecule has 110 valence electrons. The van der Waals surface area contributed by atoms with Crippen molar-refractivity contribution in [1.82, 2.24) is 4.90 Å². The van der Waals surface area contributed by atoms with E-state index in [9.17, 15) is 18.0 Å². The van der Waals surface area contributed by atoms with Crippen LogP contribution in [-0.2, 0) is 4.79 Å². The SMILES string of the molecule is CC(C1CC1)N(CC(F)(F)F)C(=O)C1CCC(N)C1. The van der Waals surface area contributed by atoms with Gasteiger partial charge in [0.1, 0.15) is 6.54 Å². The first-order valence-corrected chi connectivity index (χ1v) is 6.90. The third kappa shape index (κ3) is 3.84. The minimum absolute atomic E-state index is 0.0436. The van der Waals surface area contributed by atoms with Crippen molar-refractivity contribution < 1.29 is 18.0 Å². The monoisotopic (exact) mass is 278 g/mol. The van der Waals surface area contributed by atoms with Crippen LogP contribution in [0.25, 0.3) is 0 Å². The molecule has 2 fully saturated rings. The maximum atomic E-state index is 12.7. The van der Waals surface area contributed by atoms with Gasteiger partial charge in [-0.1, -0.05) is 0 Å². The molecule has 0 heterocycles. The first-order chi connectivity index (χ1) is 8.78. The minimum atomic E-state index is -4.33. The summed E-state index contributed by atoms with van der Waals surface area (Å²) in [5.74, 6) is -0.440. The average Bonchev–Trinajstić information content (AvgIpc) is 3.06. The molecule has 3 unspecified atom stereocenters. The van der Waals surface area contributed by atoms with Crippen molar-refractivity contribution in [2.24, 2.45) is 17.6 Å². The zero-order valence-corrected chi connectivity index (χ0v) is 11.1. The van der Waals surface area contributed by atoms with E-state index in [0.717, 1.165) is 24.2 Å². The lowest BCUT2D eigenvalue weighted by Crippen LogP contribution is -2.47. The van der Waals surface area contributed by atoms with Gasteiger partial charge in [-0.05, 0) is 44.9 Å². The summed E-state index contributed by atoms with van der Waals surface area (Å²) in [6.45, 7) is 0.603. The highest BCUT2D eigenvalue weighted by Gasteiger charge is 2.43. The highest BCUT2D eigenvalue weighted by atomic mass is 19.4. The highest BCUT2D eigenvalue weighted by molar-refractivity contribution is 5.79. The van der Waals surface area contributed by atoms with Crippen LogP contribution in [0.5, 0.6) is 0 Å². The summed E-state index contributed by atoms with van der Waals surface area (Å²) in [6.07, 6.45) is -0.621. The number of nitrogens with two attached hydrogens (primary N) is 1. The Hall–Kier alpha value is -0.780. The molecule has 0 saturated heterocycles. The molecule has 2 N–H and O–H groups in total. The Morgan fingerprint density at radius 3 is 2.37 bits per heavy atom. The fourth-order valence-electron chi connectivity index (χ4n) is 2.92. The third-order valence-electron chi connectivity index (χ3n) is 4.25. The van der Waals surface area contributed by atoms with Gasteiger partial charge in [0.25, 0.3) is 0 Å². The molecule has 0 aromatic rings. The topological polar surface area (TPSA) is 46.3 Å². The lowest BCUT2D eigenvalue weighted by molar-refractivity contribution is -0.168. The van der Waals surface area contributed by atoms with Gasteiger partial charge < -0.3 is 10.6 Å². The molecule has 1 amide bonds. The fraction of sp³-hybridized carbons (Fsp3) is 0.923. The minimum Gasteiger partial charge on any atom is -0.330 e. The van der Waals surface area contributed by atoms with Crippen molar-refractivity contribution in [3.05, 3.63) is 0 Å². The van der Waals surface area contributed by atoms with Gasteiger partial charge in [0, 0.05) is 18.0 Å². The summed E-state index contributed by atoms with van der Waals surface area (Å²) in [6, 6.07) is -0.358. The molecular formula is C13H21F3N2O. The molecule has 2 rings (SSSR count). The standard InChI is InChI=1S/C13H21F3N2O/c1-8(9-2-3-9)18(7-13(14,15)16)12(19)10-4-5-11(17)6-10/h8-11H,2-7,17H2,1H3. The van der Waals surface area contributed by atoms with E-state index < -0.39 is 12.7 Å². The van der Waals surface area contributed by atoms with Gasteiger partial charge in [-0.25, -0.2) is 0 Å². The zero-order chi connectivity index (χ0) is 14.2. The Labute approximate surface area is 111 Å². The van der Waals surface area contributed by atoms with Gasteiger partial charge in [0.05, 0.1) is 0 Å². The number of rotatable bonds is 4. The van der Waals surface area contributed by atoms with Crippen molar-refractivity contribution in [2.45, 2.75) is 57.3 Å². The third-order valence-corrected chi connectivity index (χ3v) is 4.25. The number of nitrogens with zero attached hydrogens (tertiary/aromatic N) is 1. The molecule has 0 radical (unpaired) electrons. The average molecular weight is 278 g/mol. The number of hydrogen-bond donors (Lipinski definition) is 1. The Balaban J connectivity index is 2.05. The Bertz CT molecular complexity index is 341. The van der Waals surface area contributed by atoms with Gasteiger partial charge in [0.15, 0.2) is 0 Å². The molecule has 6 heteroatoms. The molecule has 0 bridgehead atoms. The quantitative estimate of drug-likeness (QED) is 0.857. The van der Waals surface area contributed by atoms with Crippen LogP contribution in [-0.4, -0.2) is 35.6 Å². The summed E-state index contributed by atoms with van der Waals surface area (Å²) in [5.41, 5.74) is 5.75. The predicted octanol–water partition coefficient (Wildman–Crippen LogP) is 2.30. The molecule has 2 aliphatic carbocycles. The fourth-order valence-corrected chi connectivity index (χ4v) is 2.92. The van der Waals surface area contributed by atoms with Gasteiger partial charge in [-0.3, -0.25) is 4.79 Å². The molecule has 19 heavy (non-hydrogen) atoms. The van der Waals surface area contributed by atoms with E-state index in [-0.39, 0.29) is 29.8 Å². The number of carbonyl (C=O) groups excluding carboxylic acids is 1. The maximum Gasteiger partial charge on any atom is 0.406 e. The van der Waals surface area contributed by atoms with Crippen molar-refractivity contribution >= 4 is 5.91 Å². The second kappa shape index (κ2) is 5.31. The molecule has 2 aliphatic rings. The van der Waals surface area contributed by atoms with Gasteiger partial charge >= 0.3 is 6.18 Å². The summed E-state index contributed by atoms with van der Waals surface area (Å²) in [5, 5.41) is 0. The van der Waals surface area contributed by atoms with Crippen LogP contribution in [0.2, 0.25) is 0 Å². The Kier molecular flexibility index (Phi) is 4.08. The van der Waals surface area contributed by atoms with Crippen LogP contribution in [0.3, 0.4) is 0 Å². The number of alkyl halides is 3. The molecular weight excluding hydrogens is 257 g/mol. The molecule has 3 atom stereocenters. The normalized spacial score (nSPS) is 29.3. The second-order valence-corrected chi connectivity index (χ2v) is 5.93. The maximum absolute atomic E-state index is 12.7. The van der Waals surface area contributed by atoms with E-state index in [1.807, 2.05) is 0 Å². The number of carbonyl (C=O) groups is 1. The summed E-state index contributed by atoms with van der Waals surface area (Å²) < 4.78 is 38.0. The number of hydrogen-bond acceptors (Lipinski definition) is 2. The van der Waals surface area contributed by atoms with E-state index >= 15 is 0 Å². The van der Waals surface area contributed by atoms with Gasteiger partial charge in [0.2, 0.25) is 5.91 Å². The summed E-state index contributed by atoms with van der Waals surface area (Å²) in [4.78, 5) is 13.4. The Morgan fingerprint density at radius 1 is 1.32 bits per heavy atom. The van der Waals surface area contributed by atoms with Crippen molar-refractivity contribution in [1.29, 1.82) is 0 Å². The van der Waals surface area contributed by atoms with E-state index in [4.69, 9.17) is 5.73 Å². The van der Waals surface area contributed by atoms with E-state index in [1.165, 1.54) is 0 Å². The van der Waals surface area contributed by atoms with Crippen LogP contribution in [0, 0.1) is 11.8 Å². The van der Waals surface area contributed by atoms with Gasteiger partial charge in [-0.15, -0.1) is 0 Å². The molecule has 3 nitrogen and oxygen atoms in total. The molecule has 0 spiro atoms. The highest BCUT2D eigenvalue weighted by Crippen LogP contribution is 2.38. The Morgan fingerprint density at radius 2 is 1.95 bits per heavy atom. The van der Waals surface area contributed by atoms with Crippen LogP contribution in [0.1, 0.15) is 39.0 Å². The first kappa shape index (κ1) is 14.6. The molecule has 2 saturated carbocycles. The second-order valence-electron chi connectivity index (χ2n) is 5.93. The zero-order valence-electron chi connectivity index (χ0n) is 11.1. The van der Waals surface area contributed by atoms with Crippen LogP contribution in [0.4, 0.5) is 13.2 Å². The summed E-state index contributed by atoms with van der Waals surface area (Å²) in [7, 11) is 0. The number of halogens is 3. The molecule has 0 aliphatic heterocycles. The number of amides is 1. The molecule has 0 aromatic heterocycles. The van der Waals surface area contributed by atoms with Crippen molar-refractivity contribution in [3.63, 3.8) is 0 Å². The van der Waals surface area contributed by atoms with Gasteiger partial charge in [-0.2, -0.15) is 13.2 Å². The molecule has 0 aromatic carbocycles. The predicted molar refractivity (Wildman–Crippen MR) is 65.3 cm³/mol. The van der Waals surface area contributed by atoms with Crippen molar-refractivity contribution in [2.75, 3.05) is 6.54 Å². The smallest absolute Gasteiger partial charge is 0.330 e. The van der Waals surface area contributed by atoms with Crippen molar-refractivity contribution in [3.8, 4) is 0 Å². The van der Waals surface area contributed by atoms with Crippen LogP contribution >= 0.6 is 0 Å². The summed E-state index contributed by atoms with van der Waals surface area (Å²) >= 11 is 0. The largest absolute Gasteiger partial charge is 0.406 e.